The van der Waals surface area contributed by atoms with Crippen molar-refractivity contribution >= 4 is 11.7 Å². The summed E-state index contributed by atoms with van der Waals surface area (Å²) in [7, 11) is 0. The number of hydrogen-bond donors (Lipinski definition) is 0. The Bertz CT molecular complexity index is 836. The van der Waals surface area contributed by atoms with Crippen LogP contribution in [0.2, 0.25) is 0 Å². The largest absolute Gasteiger partial charge is 0.486 e. The predicted octanol–water partition coefficient (Wildman–Crippen LogP) is 3.43. The highest BCUT2D eigenvalue weighted by molar-refractivity contribution is 6.00. The van der Waals surface area contributed by atoms with Crippen LogP contribution in [0.15, 0.2) is 48.8 Å². The summed E-state index contributed by atoms with van der Waals surface area (Å²) in [6, 6.07) is 11.4. The number of Topliss-reactive ketones (excluding diaryl/α,β-unsaturated/α-hetero) is 1. The molecule has 5 heteroatoms. The van der Waals surface area contributed by atoms with Gasteiger partial charge in [-0.25, -0.2) is 0 Å². The van der Waals surface area contributed by atoms with E-state index in [1.54, 1.807) is 12.4 Å². The number of hydrogen-bond acceptors (Lipinski definition) is 4. The molecule has 1 atom stereocenters. The quantitative estimate of drug-likeness (QED) is 0.837. The minimum atomic E-state index is -0.467. The summed E-state index contributed by atoms with van der Waals surface area (Å²) in [6.07, 6.45) is 7.51. The molecular weight excluding hydrogens is 340 g/mol. The van der Waals surface area contributed by atoms with Gasteiger partial charge >= 0.3 is 0 Å². The Morgan fingerprint density at radius 1 is 1.11 bits per heavy atom. The van der Waals surface area contributed by atoms with Crippen molar-refractivity contribution in [2.45, 2.75) is 44.1 Å². The summed E-state index contributed by atoms with van der Waals surface area (Å²) >= 11 is 0. The van der Waals surface area contributed by atoms with Crippen LogP contribution >= 0.6 is 0 Å². The summed E-state index contributed by atoms with van der Waals surface area (Å²) in [5.74, 6) is 1.01. The number of ketones is 1. The molecule has 140 valence electrons. The van der Waals surface area contributed by atoms with Crippen LogP contribution < -0.4 is 4.74 Å². The van der Waals surface area contributed by atoms with Crippen LogP contribution in [0.4, 0.5) is 0 Å². The predicted molar refractivity (Wildman–Crippen MR) is 102 cm³/mol. The molecule has 2 aliphatic rings. The van der Waals surface area contributed by atoms with Crippen LogP contribution in [0, 0.1) is 0 Å². The Kier molecular flexibility index (Phi) is 4.92. The van der Waals surface area contributed by atoms with Crippen molar-refractivity contribution in [3.05, 3.63) is 59.9 Å². The van der Waals surface area contributed by atoms with E-state index in [9.17, 15) is 9.59 Å². The summed E-state index contributed by atoms with van der Waals surface area (Å²) in [6.45, 7) is 1.38. The van der Waals surface area contributed by atoms with E-state index in [2.05, 4.69) is 4.98 Å². The summed E-state index contributed by atoms with van der Waals surface area (Å²) in [5.41, 5.74) is 1.34. The van der Waals surface area contributed by atoms with Gasteiger partial charge in [-0.1, -0.05) is 12.1 Å². The smallest absolute Gasteiger partial charge is 0.222 e. The van der Waals surface area contributed by atoms with Crippen molar-refractivity contribution < 1.29 is 14.3 Å². The zero-order valence-electron chi connectivity index (χ0n) is 15.4. The van der Waals surface area contributed by atoms with Crippen molar-refractivity contribution in [3.8, 4) is 5.75 Å². The molecule has 0 bridgehead atoms. The fraction of sp³-hybridized carbons (Fsp3) is 0.409. The van der Waals surface area contributed by atoms with E-state index in [-0.39, 0.29) is 11.7 Å². The van der Waals surface area contributed by atoms with Crippen LogP contribution in [0.1, 0.15) is 48.0 Å². The van der Waals surface area contributed by atoms with Gasteiger partial charge in [0, 0.05) is 38.3 Å². The van der Waals surface area contributed by atoms with Gasteiger partial charge in [-0.3, -0.25) is 14.6 Å². The Labute approximate surface area is 159 Å². The van der Waals surface area contributed by atoms with Gasteiger partial charge in [-0.05, 0) is 49.1 Å². The van der Waals surface area contributed by atoms with Gasteiger partial charge in [0.2, 0.25) is 5.91 Å². The number of ether oxygens (including phenoxy) is 1. The lowest BCUT2D eigenvalue weighted by molar-refractivity contribution is -0.131. The monoisotopic (exact) mass is 364 g/mol. The number of carbonyl (C=O) groups excluding carboxylic acids is 2. The number of aryl methyl sites for hydroxylation is 1. The molecule has 2 aliphatic heterocycles. The van der Waals surface area contributed by atoms with Crippen molar-refractivity contribution in [1.29, 1.82) is 0 Å². The number of para-hydroxylation sites is 1. The van der Waals surface area contributed by atoms with E-state index >= 15 is 0 Å². The highest BCUT2D eigenvalue weighted by atomic mass is 16.5. The molecule has 1 spiro atoms. The minimum Gasteiger partial charge on any atom is -0.486 e. The molecule has 4 rings (SSSR count). The van der Waals surface area contributed by atoms with Crippen molar-refractivity contribution in [2.75, 3.05) is 13.1 Å². The van der Waals surface area contributed by atoms with Crippen LogP contribution in [0.3, 0.4) is 0 Å². The molecule has 1 aromatic heterocycles. The lowest BCUT2D eigenvalue weighted by Crippen LogP contribution is -2.43. The number of amides is 1. The van der Waals surface area contributed by atoms with Crippen LogP contribution in [-0.4, -0.2) is 40.3 Å². The van der Waals surface area contributed by atoms with Crippen molar-refractivity contribution in [3.63, 3.8) is 0 Å². The standard InChI is InChI=1S/C22H24N2O3/c25-19-16-22(27-20-5-2-1-4-18(19)20)10-3-14-24(15-11-22)21(26)7-6-17-8-12-23-13-9-17/h1-2,4-5,8-9,12-13H,3,6-7,10-11,14-16H2. The third-order valence-electron chi connectivity index (χ3n) is 5.62. The molecule has 27 heavy (non-hydrogen) atoms. The average Bonchev–Trinajstić information content (AvgIpc) is 2.89. The molecular formula is C22H24N2O3. The molecule has 1 saturated heterocycles. The maximum absolute atomic E-state index is 12.7. The first-order valence-corrected chi connectivity index (χ1v) is 9.63. The first kappa shape index (κ1) is 17.7. The van der Waals surface area contributed by atoms with E-state index in [1.165, 1.54) is 0 Å². The molecule has 0 aliphatic carbocycles. The lowest BCUT2D eigenvalue weighted by Gasteiger charge is -2.37. The second-order valence-corrected chi connectivity index (χ2v) is 7.47. The molecule has 0 radical (unpaired) electrons. The number of benzene rings is 1. The summed E-state index contributed by atoms with van der Waals surface area (Å²) in [5, 5.41) is 0. The minimum absolute atomic E-state index is 0.148. The SMILES string of the molecule is O=C1CC2(CCCN(C(=O)CCc3ccncc3)CC2)Oc2ccccc21. The van der Waals surface area contributed by atoms with Gasteiger partial charge < -0.3 is 9.64 Å². The first-order valence-electron chi connectivity index (χ1n) is 9.63. The molecule has 1 unspecified atom stereocenters. The summed E-state index contributed by atoms with van der Waals surface area (Å²) < 4.78 is 6.30. The zero-order chi connectivity index (χ0) is 18.7. The number of fused-ring (bicyclic) bond motifs is 1. The number of aromatic nitrogens is 1. The van der Waals surface area contributed by atoms with E-state index in [1.807, 2.05) is 41.3 Å². The second-order valence-electron chi connectivity index (χ2n) is 7.47. The Hall–Kier alpha value is -2.69. The number of likely N-dealkylation sites (tertiary alicyclic amines) is 1. The lowest BCUT2D eigenvalue weighted by atomic mass is 9.84. The van der Waals surface area contributed by atoms with E-state index in [0.29, 0.717) is 37.1 Å². The molecule has 3 heterocycles. The fourth-order valence-electron chi connectivity index (χ4n) is 4.10. The van der Waals surface area contributed by atoms with E-state index in [4.69, 9.17) is 4.74 Å². The first-order chi connectivity index (χ1) is 13.2. The van der Waals surface area contributed by atoms with Gasteiger partial charge in [-0.15, -0.1) is 0 Å². The van der Waals surface area contributed by atoms with Gasteiger partial charge in [0.15, 0.2) is 5.78 Å². The maximum atomic E-state index is 12.7. The molecule has 1 amide bonds. The number of carbonyl (C=O) groups is 2. The van der Waals surface area contributed by atoms with Crippen LogP contribution in [0.5, 0.6) is 5.75 Å². The molecule has 0 N–H and O–H groups in total. The molecule has 2 aromatic rings. The second kappa shape index (κ2) is 7.51. The average molecular weight is 364 g/mol. The van der Waals surface area contributed by atoms with Crippen molar-refractivity contribution in [1.82, 2.24) is 9.88 Å². The van der Waals surface area contributed by atoms with Crippen LogP contribution in [-0.2, 0) is 11.2 Å². The fourth-order valence-corrected chi connectivity index (χ4v) is 4.10. The topological polar surface area (TPSA) is 59.5 Å². The van der Waals surface area contributed by atoms with Gasteiger partial charge in [0.25, 0.3) is 0 Å². The van der Waals surface area contributed by atoms with Gasteiger partial charge in [0.05, 0.1) is 12.0 Å². The Morgan fingerprint density at radius 3 is 2.78 bits per heavy atom. The maximum Gasteiger partial charge on any atom is 0.222 e. The molecule has 0 saturated carbocycles. The zero-order valence-corrected chi connectivity index (χ0v) is 15.4. The summed E-state index contributed by atoms with van der Waals surface area (Å²) in [4.78, 5) is 31.2. The molecule has 1 fully saturated rings. The normalized spacial score (nSPS) is 22.1. The molecule has 1 aromatic carbocycles. The number of rotatable bonds is 3. The van der Waals surface area contributed by atoms with E-state index < -0.39 is 5.60 Å². The van der Waals surface area contributed by atoms with Crippen molar-refractivity contribution in [2.24, 2.45) is 0 Å². The molecule has 5 nitrogen and oxygen atoms in total. The highest BCUT2D eigenvalue weighted by Gasteiger charge is 2.41. The number of pyridine rings is 1. The Morgan fingerprint density at radius 2 is 1.93 bits per heavy atom. The van der Waals surface area contributed by atoms with Gasteiger partial charge in [-0.2, -0.15) is 0 Å². The third kappa shape index (κ3) is 3.87. The number of nitrogens with zero attached hydrogens (tertiary/aromatic N) is 2. The highest BCUT2D eigenvalue weighted by Crippen LogP contribution is 2.39. The Balaban J connectivity index is 1.39. The van der Waals surface area contributed by atoms with Gasteiger partial charge in [0.1, 0.15) is 11.4 Å². The van der Waals surface area contributed by atoms with Crippen LogP contribution in [0.25, 0.3) is 0 Å². The third-order valence-corrected chi connectivity index (χ3v) is 5.62. The van der Waals surface area contributed by atoms with E-state index in [0.717, 1.165) is 31.4 Å².